The maximum atomic E-state index is 10.7. The van der Waals surface area contributed by atoms with E-state index in [9.17, 15) is 4.79 Å². The Kier molecular flexibility index (Phi) is 15.8. The highest BCUT2D eigenvalue weighted by Gasteiger charge is 1.95. The summed E-state index contributed by atoms with van der Waals surface area (Å²) in [6.45, 7) is 10.3. The van der Waals surface area contributed by atoms with Gasteiger partial charge in [-0.3, -0.25) is 0 Å². The Morgan fingerprint density at radius 2 is 1.29 bits per heavy atom. The van der Waals surface area contributed by atoms with Crippen molar-refractivity contribution in [2.45, 2.75) is 0 Å². The monoisotopic (exact) mass is 304 g/mol. The van der Waals surface area contributed by atoms with Gasteiger partial charge in [0.15, 0.2) is 0 Å². The number of rotatable bonds is 16. The largest absolute Gasteiger partial charge is 0.460 e. The molecule has 0 heterocycles. The Balaban J connectivity index is 3.01. The Morgan fingerprint density at radius 3 is 1.81 bits per heavy atom. The second-order valence-corrected chi connectivity index (χ2v) is 3.60. The van der Waals surface area contributed by atoms with Crippen LogP contribution in [-0.4, -0.2) is 65.4 Å². The number of carbonyl (C=O) groups is 1. The molecular formula is C14H24O7. The van der Waals surface area contributed by atoms with E-state index < -0.39 is 5.97 Å². The van der Waals surface area contributed by atoms with Crippen molar-refractivity contribution in [3.8, 4) is 0 Å². The Morgan fingerprint density at radius 1 is 0.762 bits per heavy atom. The van der Waals surface area contributed by atoms with Gasteiger partial charge < -0.3 is 18.9 Å². The van der Waals surface area contributed by atoms with Gasteiger partial charge in [0.2, 0.25) is 0 Å². The van der Waals surface area contributed by atoms with Gasteiger partial charge in [0.25, 0.3) is 0 Å². The van der Waals surface area contributed by atoms with Gasteiger partial charge in [0, 0.05) is 6.08 Å². The van der Waals surface area contributed by atoms with Crippen molar-refractivity contribution in [3.63, 3.8) is 0 Å². The lowest BCUT2D eigenvalue weighted by molar-refractivity contribution is -0.291. The molecule has 0 aromatic carbocycles. The molecule has 122 valence electrons. The highest BCUT2D eigenvalue weighted by atomic mass is 17.2. The average molecular weight is 304 g/mol. The third-order valence-electron chi connectivity index (χ3n) is 1.96. The van der Waals surface area contributed by atoms with Gasteiger partial charge >= 0.3 is 5.97 Å². The van der Waals surface area contributed by atoms with Gasteiger partial charge in [-0.15, -0.1) is 6.58 Å². The second-order valence-electron chi connectivity index (χ2n) is 3.60. The summed E-state index contributed by atoms with van der Waals surface area (Å²) < 4.78 is 20.4. The van der Waals surface area contributed by atoms with Crippen LogP contribution in [0.5, 0.6) is 0 Å². The van der Waals surface area contributed by atoms with E-state index in [1.807, 2.05) is 0 Å². The number of hydrogen-bond acceptors (Lipinski definition) is 7. The fraction of sp³-hybridized carbons (Fsp3) is 0.643. The Hall–Kier alpha value is -1.25. The van der Waals surface area contributed by atoms with Crippen LogP contribution in [0.2, 0.25) is 0 Å². The minimum atomic E-state index is -0.453. The number of esters is 1. The summed E-state index contributed by atoms with van der Waals surface area (Å²) in [6, 6.07) is 0. The molecule has 0 atom stereocenters. The van der Waals surface area contributed by atoms with Crippen LogP contribution < -0.4 is 0 Å². The van der Waals surface area contributed by atoms with E-state index in [0.29, 0.717) is 52.9 Å². The molecule has 7 heteroatoms. The molecule has 7 nitrogen and oxygen atoms in total. The summed E-state index contributed by atoms with van der Waals surface area (Å²) in [4.78, 5) is 20.2. The summed E-state index contributed by atoms with van der Waals surface area (Å²) >= 11 is 0. The Bertz CT molecular complexity index is 268. The molecule has 0 amide bonds. The SMILES string of the molecule is C=CCOOCCOCCOCCOCCOC(=O)C=C. The quantitative estimate of drug-likeness (QED) is 0.105. The van der Waals surface area contributed by atoms with Gasteiger partial charge in [-0.05, 0) is 0 Å². The molecule has 0 rings (SSSR count). The molecule has 0 fully saturated rings. The van der Waals surface area contributed by atoms with Crippen molar-refractivity contribution in [1.82, 2.24) is 0 Å². The molecule has 0 saturated heterocycles. The van der Waals surface area contributed by atoms with Crippen LogP contribution in [0, 0.1) is 0 Å². The summed E-state index contributed by atoms with van der Waals surface area (Å²) in [6.07, 6.45) is 2.71. The van der Waals surface area contributed by atoms with E-state index >= 15 is 0 Å². The van der Waals surface area contributed by atoms with Crippen molar-refractivity contribution in [3.05, 3.63) is 25.3 Å². The highest BCUT2D eigenvalue weighted by Crippen LogP contribution is 1.85. The summed E-state index contributed by atoms with van der Waals surface area (Å²) in [5.41, 5.74) is 0. The topological polar surface area (TPSA) is 72.5 Å². The minimum absolute atomic E-state index is 0.210. The lowest BCUT2D eigenvalue weighted by Gasteiger charge is -2.07. The summed E-state index contributed by atoms with van der Waals surface area (Å²) in [5.74, 6) is -0.453. The fourth-order valence-electron chi connectivity index (χ4n) is 1.05. The fourth-order valence-corrected chi connectivity index (χ4v) is 1.05. The molecule has 0 aliphatic carbocycles. The van der Waals surface area contributed by atoms with Crippen molar-refractivity contribution in [1.29, 1.82) is 0 Å². The molecule has 0 aromatic heterocycles. The molecule has 0 radical (unpaired) electrons. The van der Waals surface area contributed by atoms with Crippen LogP contribution in [0.3, 0.4) is 0 Å². The predicted molar refractivity (Wildman–Crippen MR) is 75.7 cm³/mol. The molecule has 0 bridgehead atoms. The first-order chi connectivity index (χ1) is 10.3. The van der Waals surface area contributed by atoms with Gasteiger partial charge in [-0.25, -0.2) is 14.6 Å². The van der Waals surface area contributed by atoms with E-state index in [2.05, 4.69) is 13.2 Å². The number of ether oxygens (including phenoxy) is 4. The third-order valence-corrected chi connectivity index (χ3v) is 1.96. The average Bonchev–Trinajstić information content (AvgIpc) is 2.50. The van der Waals surface area contributed by atoms with Crippen LogP contribution in [0.15, 0.2) is 25.3 Å². The molecule has 0 unspecified atom stereocenters. The van der Waals surface area contributed by atoms with Gasteiger partial charge in [-0.1, -0.05) is 12.7 Å². The standard InChI is InChI=1S/C14H24O7/c1-3-5-20-21-13-11-18-9-7-16-6-8-17-10-12-19-14(15)4-2/h3-4H,1-2,5-13H2. The molecule has 0 spiro atoms. The van der Waals surface area contributed by atoms with E-state index in [1.165, 1.54) is 0 Å². The summed E-state index contributed by atoms with van der Waals surface area (Å²) in [7, 11) is 0. The van der Waals surface area contributed by atoms with Crippen LogP contribution in [0.4, 0.5) is 0 Å². The van der Waals surface area contributed by atoms with Crippen molar-refractivity contribution < 1.29 is 33.5 Å². The van der Waals surface area contributed by atoms with Crippen molar-refractivity contribution in [2.24, 2.45) is 0 Å². The van der Waals surface area contributed by atoms with E-state index in [0.717, 1.165) is 6.08 Å². The van der Waals surface area contributed by atoms with E-state index in [-0.39, 0.29) is 6.61 Å². The zero-order valence-electron chi connectivity index (χ0n) is 12.3. The maximum absolute atomic E-state index is 10.7. The number of hydrogen-bond donors (Lipinski definition) is 0. The highest BCUT2D eigenvalue weighted by molar-refractivity contribution is 5.81. The minimum Gasteiger partial charge on any atom is -0.460 e. The molecule has 0 N–H and O–H groups in total. The molecule has 0 saturated carbocycles. The lowest BCUT2D eigenvalue weighted by Crippen LogP contribution is -2.14. The van der Waals surface area contributed by atoms with Crippen LogP contribution in [0.1, 0.15) is 0 Å². The molecular weight excluding hydrogens is 280 g/mol. The predicted octanol–water partition coefficient (Wildman–Crippen LogP) is 0.900. The smallest absolute Gasteiger partial charge is 0.330 e. The van der Waals surface area contributed by atoms with Crippen LogP contribution in [0.25, 0.3) is 0 Å². The zero-order chi connectivity index (χ0) is 15.6. The van der Waals surface area contributed by atoms with Crippen molar-refractivity contribution in [2.75, 3.05) is 59.5 Å². The first-order valence-electron chi connectivity index (χ1n) is 6.69. The van der Waals surface area contributed by atoms with Gasteiger partial charge in [0.1, 0.15) is 19.8 Å². The van der Waals surface area contributed by atoms with Crippen LogP contribution in [-0.2, 0) is 33.5 Å². The van der Waals surface area contributed by atoms with E-state index in [1.54, 1.807) is 6.08 Å². The molecule has 21 heavy (non-hydrogen) atoms. The lowest BCUT2D eigenvalue weighted by atomic mass is 10.6. The molecule has 0 aromatic rings. The van der Waals surface area contributed by atoms with Crippen molar-refractivity contribution >= 4 is 5.97 Å². The summed E-state index contributed by atoms with van der Waals surface area (Å²) in [5, 5.41) is 0. The number of carbonyl (C=O) groups excluding carboxylic acids is 1. The maximum Gasteiger partial charge on any atom is 0.330 e. The first kappa shape index (κ1) is 19.8. The zero-order valence-corrected chi connectivity index (χ0v) is 12.3. The van der Waals surface area contributed by atoms with Gasteiger partial charge in [0.05, 0.1) is 39.6 Å². The second kappa shape index (κ2) is 16.8. The van der Waals surface area contributed by atoms with Crippen LogP contribution >= 0.6 is 0 Å². The first-order valence-corrected chi connectivity index (χ1v) is 6.69. The molecule has 0 aliphatic rings. The van der Waals surface area contributed by atoms with Gasteiger partial charge in [-0.2, -0.15) is 0 Å². The van der Waals surface area contributed by atoms with E-state index in [4.69, 9.17) is 28.7 Å². The molecule has 0 aliphatic heterocycles. The normalized spacial score (nSPS) is 10.3. The Labute approximate surface area is 125 Å². The third kappa shape index (κ3) is 16.7.